The Morgan fingerprint density at radius 1 is 1.60 bits per heavy atom. The molecule has 0 unspecified atom stereocenters. The summed E-state index contributed by atoms with van der Waals surface area (Å²) in [6.45, 7) is 3.54. The third-order valence-corrected chi connectivity index (χ3v) is 0.948. The van der Waals surface area contributed by atoms with Crippen molar-refractivity contribution < 1.29 is 14.0 Å². The molecule has 0 aromatic carbocycles. The number of nitrogens with zero attached hydrogens (tertiary/aromatic N) is 1. The van der Waals surface area contributed by atoms with Crippen molar-refractivity contribution in [3.63, 3.8) is 0 Å². The molecule has 0 amide bonds. The molecule has 0 radical (unpaired) electrons. The quantitative estimate of drug-likeness (QED) is 0.445. The van der Waals surface area contributed by atoms with Crippen molar-refractivity contribution in [2.24, 2.45) is 5.21 Å². The molecule has 58 valence electrons. The van der Waals surface area contributed by atoms with Crippen molar-refractivity contribution in [2.45, 2.75) is 20.3 Å². The van der Waals surface area contributed by atoms with E-state index in [1.807, 2.05) is 0 Å². The van der Waals surface area contributed by atoms with E-state index in [2.05, 4.69) is 9.95 Å². The molecule has 0 atom stereocenters. The Morgan fingerprint density at radius 2 is 2.20 bits per heavy atom. The van der Waals surface area contributed by atoms with Crippen LogP contribution in [0.1, 0.15) is 20.3 Å². The lowest BCUT2D eigenvalue weighted by atomic mass is 10.3. The molecule has 4 heteroatoms. The van der Waals surface area contributed by atoms with Gasteiger partial charge in [0, 0.05) is 0 Å². The lowest BCUT2D eigenvalue weighted by molar-refractivity contribution is -0.135. The Balaban J connectivity index is 3.91. The summed E-state index contributed by atoms with van der Waals surface area (Å²) in [7, 11) is 0. The van der Waals surface area contributed by atoms with E-state index in [-0.39, 0.29) is 18.7 Å². The zero-order valence-corrected chi connectivity index (χ0v) is 6.06. The third-order valence-electron chi connectivity index (χ3n) is 0.948. The second-order valence-electron chi connectivity index (χ2n) is 1.61. The zero-order chi connectivity index (χ0) is 7.98. The molecule has 0 aliphatic carbocycles. The first-order valence-corrected chi connectivity index (χ1v) is 3.11. The molecule has 0 aromatic heterocycles. The molecule has 0 rings (SSSR count). The van der Waals surface area contributed by atoms with Crippen LogP contribution in [-0.4, -0.2) is 18.3 Å². The van der Waals surface area contributed by atoms with Gasteiger partial charge in [0.05, 0.1) is 6.61 Å². The van der Waals surface area contributed by atoms with Crippen molar-refractivity contribution in [3.8, 4) is 0 Å². The van der Waals surface area contributed by atoms with E-state index in [0.29, 0.717) is 0 Å². The molecule has 0 spiro atoms. The van der Waals surface area contributed by atoms with Crippen LogP contribution in [0.4, 0.5) is 4.48 Å². The van der Waals surface area contributed by atoms with Gasteiger partial charge >= 0.3 is 5.97 Å². The number of ether oxygens (including phenoxy) is 1. The Kier molecular flexibility index (Phi) is 4.45. The molecular weight excluding hydrogens is 137 g/mol. The van der Waals surface area contributed by atoms with Gasteiger partial charge in [0.15, 0.2) is 5.71 Å². The molecule has 0 heterocycles. The number of rotatable bonds is 3. The highest BCUT2D eigenvalue weighted by atomic mass is 19.2. The molecule has 0 fully saturated rings. The van der Waals surface area contributed by atoms with Gasteiger partial charge in [-0.15, -0.1) is 0 Å². The molecule has 0 N–H and O–H groups in total. The lowest BCUT2D eigenvalue weighted by Gasteiger charge is -1.98. The van der Waals surface area contributed by atoms with Crippen molar-refractivity contribution >= 4 is 11.7 Å². The average Bonchev–Trinajstić information content (AvgIpc) is 1.91. The van der Waals surface area contributed by atoms with E-state index in [0.717, 1.165) is 0 Å². The minimum absolute atomic E-state index is 0.165. The van der Waals surface area contributed by atoms with E-state index in [9.17, 15) is 9.28 Å². The summed E-state index contributed by atoms with van der Waals surface area (Å²) in [6, 6.07) is 0. The van der Waals surface area contributed by atoms with Crippen LogP contribution in [-0.2, 0) is 9.53 Å². The maximum atomic E-state index is 11.5. The summed E-state index contributed by atoms with van der Waals surface area (Å²) in [6.07, 6.45) is 0.259. The summed E-state index contributed by atoms with van der Waals surface area (Å²) < 4.78 is 16.0. The number of carbonyl (C=O) groups excluding carboxylic acids is 1. The minimum Gasteiger partial charge on any atom is -0.461 e. The van der Waals surface area contributed by atoms with Gasteiger partial charge in [-0.1, -0.05) is 16.6 Å². The fourth-order valence-corrected chi connectivity index (χ4v) is 0.453. The first-order chi connectivity index (χ1) is 4.76. The minimum atomic E-state index is -0.674. The molecule has 3 nitrogen and oxygen atoms in total. The molecule has 0 aliphatic heterocycles. The van der Waals surface area contributed by atoms with Crippen molar-refractivity contribution in [3.05, 3.63) is 0 Å². The van der Waals surface area contributed by atoms with Crippen LogP contribution >= 0.6 is 0 Å². The maximum Gasteiger partial charge on any atom is 0.355 e. The fourth-order valence-electron chi connectivity index (χ4n) is 0.453. The van der Waals surface area contributed by atoms with E-state index in [1.165, 1.54) is 0 Å². The van der Waals surface area contributed by atoms with Crippen LogP contribution in [0.2, 0.25) is 0 Å². The lowest BCUT2D eigenvalue weighted by Crippen LogP contribution is -2.15. The van der Waals surface area contributed by atoms with Gasteiger partial charge in [-0.3, -0.25) is 0 Å². The predicted octanol–water partition coefficient (Wildman–Crippen LogP) is 1.29. The summed E-state index contributed by atoms with van der Waals surface area (Å²) in [4.78, 5) is 10.6. The highest BCUT2D eigenvalue weighted by Gasteiger charge is 2.09. The van der Waals surface area contributed by atoms with Crippen LogP contribution in [0.3, 0.4) is 0 Å². The molecule has 0 saturated heterocycles. The predicted molar refractivity (Wildman–Crippen MR) is 35.5 cm³/mol. The van der Waals surface area contributed by atoms with E-state index in [4.69, 9.17) is 0 Å². The highest BCUT2D eigenvalue weighted by molar-refractivity contribution is 6.36. The van der Waals surface area contributed by atoms with Crippen LogP contribution in [0, 0.1) is 0 Å². The summed E-state index contributed by atoms with van der Waals surface area (Å²) in [5.74, 6) is -0.674. The van der Waals surface area contributed by atoms with E-state index < -0.39 is 5.97 Å². The largest absolute Gasteiger partial charge is 0.461 e. The van der Waals surface area contributed by atoms with Gasteiger partial charge in [0.2, 0.25) is 0 Å². The first kappa shape index (κ1) is 9.07. The van der Waals surface area contributed by atoms with E-state index >= 15 is 0 Å². The SMILES string of the molecule is CCOC(=O)C(CC)=NF. The monoisotopic (exact) mass is 147 g/mol. The standard InChI is InChI=1S/C6H10FNO2/c1-3-5(8-7)6(9)10-4-2/h3-4H2,1-2H3. The van der Waals surface area contributed by atoms with Crippen LogP contribution in [0.5, 0.6) is 0 Å². The van der Waals surface area contributed by atoms with Gasteiger partial charge < -0.3 is 4.74 Å². The number of hydrogen-bond donors (Lipinski definition) is 0. The fraction of sp³-hybridized carbons (Fsp3) is 0.667. The van der Waals surface area contributed by atoms with Gasteiger partial charge in [0.25, 0.3) is 0 Å². The molecule has 0 saturated carbocycles. The second-order valence-corrected chi connectivity index (χ2v) is 1.61. The summed E-state index contributed by atoms with van der Waals surface area (Å²) in [5.41, 5.74) is -0.165. The topological polar surface area (TPSA) is 38.7 Å². The Bertz CT molecular complexity index is 145. The third kappa shape index (κ3) is 2.57. The Morgan fingerprint density at radius 3 is 2.50 bits per heavy atom. The second kappa shape index (κ2) is 4.90. The van der Waals surface area contributed by atoms with Crippen molar-refractivity contribution in [2.75, 3.05) is 6.61 Å². The van der Waals surface area contributed by atoms with Crippen LogP contribution < -0.4 is 0 Å². The van der Waals surface area contributed by atoms with Gasteiger partial charge in [-0.25, -0.2) is 4.79 Å². The first-order valence-electron chi connectivity index (χ1n) is 3.11. The zero-order valence-electron chi connectivity index (χ0n) is 6.06. The van der Waals surface area contributed by atoms with Gasteiger partial charge in [0.1, 0.15) is 0 Å². The van der Waals surface area contributed by atoms with Gasteiger partial charge in [-0.2, -0.15) is 0 Å². The summed E-state index contributed by atoms with van der Waals surface area (Å²) in [5, 5.41) is 2.27. The van der Waals surface area contributed by atoms with Gasteiger partial charge in [-0.05, 0) is 13.3 Å². The number of hydrogen-bond acceptors (Lipinski definition) is 3. The summed E-state index contributed by atoms with van der Waals surface area (Å²) >= 11 is 0. The molecule has 0 aromatic rings. The number of halogens is 1. The van der Waals surface area contributed by atoms with Crippen molar-refractivity contribution in [1.29, 1.82) is 0 Å². The Labute approximate surface area is 58.8 Å². The van der Waals surface area contributed by atoms with Crippen LogP contribution in [0.15, 0.2) is 5.21 Å². The van der Waals surface area contributed by atoms with E-state index in [1.54, 1.807) is 13.8 Å². The molecule has 0 aliphatic rings. The molecule has 10 heavy (non-hydrogen) atoms. The number of esters is 1. The maximum absolute atomic E-state index is 11.5. The van der Waals surface area contributed by atoms with Crippen molar-refractivity contribution in [1.82, 2.24) is 0 Å². The molecule has 0 bridgehead atoms. The molecular formula is C6H10FNO2. The highest BCUT2D eigenvalue weighted by Crippen LogP contribution is 1.90. The normalized spacial score (nSPS) is 11.3. The van der Waals surface area contributed by atoms with Crippen LogP contribution in [0.25, 0.3) is 0 Å². The Hall–Kier alpha value is -0.930. The average molecular weight is 147 g/mol. The number of carbonyl (C=O) groups is 1. The smallest absolute Gasteiger partial charge is 0.355 e.